The molecule has 0 spiro atoms. The molecule has 3 unspecified atom stereocenters. The van der Waals surface area contributed by atoms with Gasteiger partial charge in [0.15, 0.2) is 0 Å². The molecule has 2 saturated carbocycles. The number of nitrogens with zero attached hydrogens (tertiary/aromatic N) is 1. The van der Waals surface area contributed by atoms with Crippen molar-refractivity contribution in [2.45, 2.75) is 45.1 Å². The minimum absolute atomic E-state index is 0.172. The van der Waals surface area contributed by atoms with E-state index in [2.05, 4.69) is 11.8 Å². The minimum Gasteiger partial charge on any atom is -0.481 e. The van der Waals surface area contributed by atoms with Crippen LogP contribution in [0.15, 0.2) is 0 Å². The lowest BCUT2D eigenvalue weighted by molar-refractivity contribution is -0.146. The summed E-state index contributed by atoms with van der Waals surface area (Å²) in [5, 5.41) is 9.34. The van der Waals surface area contributed by atoms with E-state index < -0.39 is 5.97 Å². The zero-order valence-electron chi connectivity index (χ0n) is 12.2. The van der Waals surface area contributed by atoms with Crippen molar-refractivity contribution in [2.75, 3.05) is 26.8 Å². The van der Waals surface area contributed by atoms with Gasteiger partial charge in [-0.25, -0.2) is 0 Å². The van der Waals surface area contributed by atoms with E-state index in [9.17, 15) is 9.90 Å². The number of ether oxygens (including phenoxy) is 1. The summed E-state index contributed by atoms with van der Waals surface area (Å²) < 4.78 is 5.65. The Bertz CT molecular complexity index is 304. The average molecular weight is 269 g/mol. The molecule has 1 N–H and O–H groups in total. The van der Waals surface area contributed by atoms with E-state index in [1.54, 1.807) is 0 Å². The number of carboxylic acids is 1. The smallest absolute Gasteiger partial charge is 0.308 e. The first kappa shape index (κ1) is 14.8. The fourth-order valence-electron chi connectivity index (χ4n) is 3.03. The van der Waals surface area contributed by atoms with Crippen LogP contribution in [0.3, 0.4) is 0 Å². The van der Waals surface area contributed by atoms with E-state index in [1.165, 1.54) is 12.8 Å². The number of aliphatic carboxylic acids is 1. The van der Waals surface area contributed by atoms with Crippen molar-refractivity contribution in [1.82, 2.24) is 4.90 Å². The van der Waals surface area contributed by atoms with Crippen LogP contribution in [0, 0.1) is 17.8 Å². The third-order valence-corrected chi connectivity index (χ3v) is 4.60. The maximum Gasteiger partial charge on any atom is 0.308 e. The molecule has 0 aliphatic heterocycles. The van der Waals surface area contributed by atoms with Crippen molar-refractivity contribution < 1.29 is 14.6 Å². The van der Waals surface area contributed by atoms with Crippen LogP contribution in [0.1, 0.15) is 39.0 Å². The third kappa shape index (κ3) is 4.46. The van der Waals surface area contributed by atoms with Crippen molar-refractivity contribution >= 4 is 5.97 Å². The van der Waals surface area contributed by atoms with Crippen LogP contribution in [-0.2, 0) is 9.53 Å². The lowest BCUT2D eigenvalue weighted by Gasteiger charge is -2.38. The molecule has 3 atom stereocenters. The largest absolute Gasteiger partial charge is 0.481 e. The topological polar surface area (TPSA) is 49.8 Å². The number of hydrogen-bond donors (Lipinski definition) is 1. The molecule has 0 aromatic carbocycles. The number of hydrogen-bond acceptors (Lipinski definition) is 3. The summed E-state index contributed by atoms with van der Waals surface area (Å²) in [4.78, 5) is 13.5. The Labute approximate surface area is 116 Å². The van der Waals surface area contributed by atoms with Crippen LogP contribution in [0.2, 0.25) is 0 Å². The van der Waals surface area contributed by atoms with E-state index in [1.807, 2.05) is 7.05 Å². The van der Waals surface area contributed by atoms with Crippen LogP contribution in [-0.4, -0.2) is 48.8 Å². The van der Waals surface area contributed by atoms with Crippen LogP contribution < -0.4 is 0 Å². The highest BCUT2D eigenvalue weighted by Gasteiger charge is 2.35. The molecule has 110 valence electrons. The maximum atomic E-state index is 11.3. The van der Waals surface area contributed by atoms with Gasteiger partial charge in [0.25, 0.3) is 0 Å². The summed E-state index contributed by atoms with van der Waals surface area (Å²) in [6, 6.07) is 0.172. The first-order valence-corrected chi connectivity index (χ1v) is 7.58. The zero-order chi connectivity index (χ0) is 13.8. The standard InChI is InChI=1S/C15H27NO3/c1-11-3-6-13(15(17)18)14(9-11)16(2)7-8-19-10-12-4-5-12/h11-14H,3-10H2,1-2H3,(H,17,18). The molecule has 2 aliphatic rings. The molecular weight excluding hydrogens is 242 g/mol. The van der Waals surface area contributed by atoms with E-state index in [0.29, 0.717) is 5.92 Å². The molecule has 2 aliphatic carbocycles. The Morgan fingerprint density at radius 3 is 2.68 bits per heavy atom. The van der Waals surface area contributed by atoms with Gasteiger partial charge in [-0.3, -0.25) is 4.79 Å². The van der Waals surface area contributed by atoms with Crippen LogP contribution in [0.4, 0.5) is 0 Å². The van der Waals surface area contributed by atoms with E-state index in [0.717, 1.165) is 44.9 Å². The lowest BCUT2D eigenvalue weighted by Crippen LogP contribution is -2.46. The third-order valence-electron chi connectivity index (χ3n) is 4.60. The Morgan fingerprint density at radius 1 is 1.32 bits per heavy atom. The Morgan fingerprint density at radius 2 is 2.05 bits per heavy atom. The molecule has 0 bridgehead atoms. The predicted octanol–water partition coefficient (Wildman–Crippen LogP) is 2.23. The summed E-state index contributed by atoms with van der Waals surface area (Å²) in [7, 11) is 2.04. The van der Waals surface area contributed by atoms with Gasteiger partial charge >= 0.3 is 5.97 Å². The zero-order valence-corrected chi connectivity index (χ0v) is 12.2. The first-order chi connectivity index (χ1) is 9.08. The molecular formula is C15H27NO3. The van der Waals surface area contributed by atoms with Crippen molar-refractivity contribution in [3.63, 3.8) is 0 Å². The van der Waals surface area contributed by atoms with Gasteiger partial charge in [0.1, 0.15) is 0 Å². The summed E-state index contributed by atoms with van der Waals surface area (Å²) in [5.41, 5.74) is 0. The number of carbonyl (C=O) groups is 1. The second kappa shape index (κ2) is 6.71. The van der Waals surface area contributed by atoms with Crippen molar-refractivity contribution in [3.8, 4) is 0 Å². The van der Waals surface area contributed by atoms with Gasteiger partial charge in [-0.05, 0) is 51.0 Å². The SMILES string of the molecule is CC1CCC(C(=O)O)C(N(C)CCOCC2CC2)C1. The highest BCUT2D eigenvalue weighted by molar-refractivity contribution is 5.71. The van der Waals surface area contributed by atoms with E-state index in [4.69, 9.17) is 4.74 Å². The first-order valence-electron chi connectivity index (χ1n) is 7.58. The van der Waals surface area contributed by atoms with Crippen molar-refractivity contribution in [3.05, 3.63) is 0 Å². The molecule has 2 rings (SSSR count). The lowest BCUT2D eigenvalue weighted by atomic mass is 9.78. The predicted molar refractivity (Wildman–Crippen MR) is 74.1 cm³/mol. The van der Waals surface area contributed by atoms with E-state index >= 15 is 0 Å². The summed E-state index contributed by atoms with van der Waals surface area (Å²) in [6.45, 7) is 4.68. The molecule has 0 aromatic rings. The summed E-state index contributed by atoms with van der Waals surface area (Å²) in [6.07, 6.45) is 5.48. The second-order valence-electron chi connectivity index (χ2n) is 6.43. The maximum absolute atomic E-state index is 11.3. The minimum atomic E-state index is -0.636. The number of rotatable bonds is 7. The quantitative estimate of drug-likeness (QED) is 0.720. The van der Waals surface area contributed by atoms with Crippen LogP contribution in [0.25, 0.3) is 0 Å². The monoisotopic (exact) mass is 269 g/mol. The van der Waals surface area contributed by atoms with Gasteiger partial charge < -0.3 is 14.7 Å². The Balaban J connectivity index is 1.75. The summed E-state index contributed by atoms with van der Waals surface area (Å²) in [5.74, 6) is 0.592. The van der Waals surface area contributed by atoms with E-state index in [-0.39, 0.29) is 12.0 Å². The van der Waals surface area contributed by atoms with Gasteiger partial charge in [-0.1, -0.05) is 6.92 Å². The number of likely N-dealkylation sites (N-methyl/N-ethyl adjacent to an activating group) is 1. The molecule has 19 heavy (non-hydrogen) atoms. The van der Waals surface area contributed by atoms with Crippen LogP contribution >= 0.6 is 0 Å². The highest BCUT2D eigenvalue weighted by Crippen LogP contribution is 2.32. The van der Waals surface area contributed by atoms with Crippen LogP contribution in [0.5, 0.6) is 0 Å². The van der Waals surface area contributed by atoms with Gasteiger partial charge in [-0.2, -0.15) is 0 Å². The fourth-order valence-corrected chi connectivity index (χ4v) is 3.03. The molecule has 4 nitrogen and oxygen atoms in total. The molecule has 0 heterocycles. The summed E-state index contributed by atoms with van der Waals surface area (Å²) >= 11 is 0. The second-order valence-corrected chi connectivity index (χ2v) is 6.43. The van der Waals surface area contributed by atoms with Gasteiger partial charge in [0.05, 0.1) is 12.5 Å². The van der Waals surface area contributed by atoms with Gasteiger partial charge in [0, 0.05) is 19.2 Å². The molecule has 0 saturated heterocycles. The Kier molecular flexibility index (Phi) is 5.22. The average Bonchev–Trinajstić information content (AvgIpc) is 3.18. The molecule has 0 radical (unpaired) electrons. The molecule has 0 amide bonds. The highest BCUT2D eigenvalue weighted by atomic mass is 16.5. The van der Waals surface area contributed by atoms with Crippen molar-refractivity contribution in [2.24, 2.45) is 17.8 Å². The molecule has 0 aromatic heterocycles. The molecule has 4 heteroatoms. The van der Waals surface area contributed by atoms with Gasteiger partial charge in [0.2, 0.25) is 0 Å². The number of carboxylic acid groups (broad SMARTS) is 1. The van der Waals surface area contributed by atoms with Crippen molar-refractivity contribution in [1.29, 1.82) is 0 Å². The normalized spacial score (nSPS) is 31.6. The fraction of sp³-hybridized carbons (Fsp3) is 0.933. The Hall–Kier alpha value is -0.610. The van der Waals surface area contributed by atoms with Gasteiger partial charge in [-0.15, -0.1) is 0 Å². The molecule has 2 fully saturated rings.